The zero-order valence-corrected chi connectivity index (χ0v) is 15.2. The summed E-state index contributed by atoms with van der Waals surface area (Å²) in [6, 6.07) is 17.0. The molecule has 3 N–H and O–H groups in total. The maximum atomic E-state index is 12.9. The van der Waals surface area contributed by atoms with Crippen LogP contribution in [-0.2, 0) is 23.1 Å². The highest BCUT2D eigenvalue weighted by atomic mass is 16.2. The lowest BCUT2D eigenvalue weighted by molar-refractivity contribution is -0.137. The van der Waals surface area contributed by atoms with Gasteiger partial charge in [-0.15, -0.1) is 5.10 Å². The Morgan fingerprint density at radius 2 is 1.64 bits per heavy atom. The van der Waals surface area contributed by atoms with Crippen LogP contribution < -0.4 is 11.1 Å². The third-order valence-corrected chi connectivity index (χ3v) is 4.24. The Morgan fingerprint density at radius 1 is 1.04 bits per heavy atom. The summed E-state index contributed by atoms with van der Waals surface area (Å²) in [6.45, 7) is 0. The van der Waals surface area contributed by atoms with Crippen LogP contribution in [0, 0.1) is 0 Å². The first kappa shape index (κ1) is 19.0. The van der Waals surface area contributed by atoms with E-state index in [1.807, 2.05) is 36.4 Å². The van der Waals surface area contributed by atoms with Gasteiger partial charge in [0.1, 0.15) is 11.7 Å². The number of hydrogen-bond acceptors (Lipinski definition) is 5. The van der Waals surface area contributed by atoms with Gasteiger partial charge in [0.25, 0.3) is 11.8 Å². The lowest BCUT2D eigenvalue weighted by atomic mass is 10.0. The fourth-order valence-corrected chi connectivity index (χ4v) is 2.86. The van der Waals surface area contributed by atoms with E-state index in [-0.39, 0.29) is 12.1 Å². The van der Waals surface area contributed by atoms with Crippen LogP contribution >= 0.6 is 0 Å². The first-order valence-corrected chi connectivity index (χ1v) is 8.61. The molecule has 8 heteroatoms. The van der Waals surface area contributed by atoms with Crippen molar-refractivity contribution in [1.29, 1.82) is 0 Å². The van der Waals surface area contributed by atoms with Crippen LogP contribution in [-0.4, -0.2) is 38.6 Å². The fraction of sp³-hybridized carbons (Fsp3) is 0.150. The van der Waals surface area contributed by atoms with E-state index in [2.05, 4.69) is 15.6 Å². The van der Waals surface area contributed by atoms with E-state index in [0.717, 1.165) is 5.56 Å². The van der Waals surface area contributed by atoms with E-state index in [4.69, 9.17) is 5.73 Å². The second-order valence-electron chi connectivity index (χ2n) is 6.22. The van der Waals surface area contributed by atoms with Crippen LogP contribution in [0.3, 0.4) is 0 Å². The molecule has 0 aliphatic heterocycles. The number of nitrogens with two attached hydrogens (primary N) is 1. The highest BCUT2D eigenvalue weighted by Crippen LogP contribution is 2.20. The highest BCUT2D eigenvalue weighted by Gasteiger charge is 2.28. The summed E-state index contributed by atoms with van der Waals surface area (Å²) >= 11 is 0. The molecule has 3 rings (SSSR count). The van der Waals surface area contributed by atoms with Gasteiger partial charge in [-0.1, -0.05) is 65.9 Å². The van der Waals surface area contributed by atoms with Crippen molar-refractivity contribution in [3.63, 3.8) is 0 Å². The maximum Gasteiger partial charge on any atom is 0.287 e. The summed E-state index contributed by atoms with van der Waals surface area (Å²) in [5, 5.41) is 10.6. The van der Waals surface area contributed by atoms with Gasteiger partial charge in [0.2, 0.25) is 5.78 Å². The second-order valence-corrected chi connectivity index (χ2v) is 6.22. The molecule has 0 aliphatic carbocycles. The number of carbonyl (C=O) groups excluding carboxylic acids is 3. The van der Waals surface area contributed by atoms with Crippen LogP contribution in [0.15, 0.2) is 60.7 Å². The summed E-state index contributed by atoms with van der Waals surface area (Å²) in [7, 11) is 1.58. The molecule has 0 radical (unpaired) electrons. The average Bonchev–Trinajstić information content (AvgIpc) is 3.10. The van der Waals surface area contributed by atoms with Crippen LogP contribution in [0.2, 0.25) is 0 Å². The quantitative estimate of drug-likeness (QED) is 0.592. The minimum atomic E-state index is -1.10. The zero-order chi connectivity index (χ0) is 20.1. The highest BCUT2D eigenvalue weighted by molar-refractivity contribution is 6.38. The Kier molecular flexibility index (Phi) is 5.59. The molecule has 0 aliphatic rings. The number of aromatic nitrogens is 3. The molecule has 0 saturated heterocycles. The predicted octanol–water partition coefficient (Wildman–Crippen LogP) is 0.878. The summed E-state index contributed by atoms with van der Waals surface area (Å²) in [6.07, 6.45) is 0.139. The number of ketones is 1. The molecular formula is C20H19N5O3. The molecule has 0 saturated carbocycles. The Hall–Kier alpha value is -3.81. The van der Waals surface area contributed by atoms with Crippen LogP contribution in [0.4, 0.5) is 0 Å². The first-order valence-electron chi connectivity index (χ1n) is 8.61. The molecule has 142 valence electrons. The predicted molar refractivity (Wildman–Crippen MR) is 102 cm³/mol. The van der Waals surface area contributed by atoms with Crippen molar-refractivity contribution in [3.05, 3.63) is 71.9 Å². The number of Topliss-reactive ketones (excluding diaryl/α,β-unsaturated/α-hetero) is 1. The van der Waals surface area contributed by atoms with E-state index >= 15 is 0 Å². The number of carbonyl (C=O) groups is 3. The lowest BCUT2D eigenvalue weighted by Crippen LogP contribution is -2.47. The average molecular weight is 377 g/mol. The van der Waals surface area contributed by atoms with Gasteiger partial charge in [-0.05, 0) is 5.56 Å². The minimum Gasteiger partial charge on any atom is -0.363 e. The third kappa shape index (κ3) is 4.12. The van der Waals surface area contributed by atoms with E-state index in [1.165, 1.54) is 4.68 Å². The Balaban J connectivity index is 1.89. The number of nitrogens with zero attached hydrogens (tertiary/aromatic N) is 3. The van der Waals surface area contributed by atoms with Gasteiger partial charge in [0.15, 0.2) is 5.69 Å². The summed E-state index contributed by atoms with van der Waals surface area (Å²) < 4.78 is 1.33. The summed E-state index contributed by atoms with van der Waals surface area (Å²) in [5.41, 5.74) is 7.22. The third-order valence-electron chi connectivity index (χ3n) is 4.24. The molecule has 1 atom stereocenters. The van der Waals surface area contributed by atoms with Crippen molar-refractivity contribution < 1.29 is 14.4 Å². The number of rotatable bonds is 7. The van der Waals surface area contributed by atoms with Crippen LogP contribution in [0.5, 0.6) is 0 Å². The lowest BCUT2D eigenvalue weighted by Gasteiger charge is -2.16. The maximum absolute atomic E-state index is 12.9. The molecule has 1 heterocycles. The van der Waals surface area contributed by atoms with Gasteiger partial charge in [-0.2, -0.15) is 0 Å². The van der Waals surface area contributed by atoms with E-state index in [1.54, 1.807) is 31.3 Å². The molecule has 3 aromatic rings. The molecule has 1 unspecified atom stereocenters. The van der Waals surface area contributed by atoms with Crippen molar-refractivity contribution in [3.8, 4) is 11.3 Å². The van der Waals surface area contributed by atoms with Crippen LogP contribution in [0.1, 0.15) is 16.1 Å². The SMILES string of the molecule is Cn1nnc(-c2ccccc2)c1C(=O)NC(Cc1ccccc1)C(=O)C(N)=O. The van der Waals surface area contributed by atoms with Crippen molar-refractivity contribution in [2.45, 2.75) is 12.5 Å². The smallest absolute Gasteiger partial charge is 0.287 e. The molecule has 8 nitrogen and oxygen atoms in total. The largest absolute Gasteiger partial charge is 0.363 e. The molecule has 1 aromatic heterocycles. The molecule has 0 spiro atoms. The Bertz CT molecular complexity index is 999. The molecule has 0 bridgehead atoms. The summed E-state index contributed by atoms with van der Waals surface area (Å²) in [4.78, 5) is 36.6. The number of nitrogens with one attached hydrogen (secondary N) is 1. The van der Waals surface area contributed by atoms with Crippen molar-refractivity contribution in [2.75, 3.05) is 0 Å². The van der Waals surface area contributed by atoms with Gasteiger partial charge in [0.05, 0.1) is 0 Å². The van der Waals surface area contributed by atoms with E-state index in [9.17, 15) is 14.4 Å². The van der Waals surface area contributed by atoms with E-state index < -0.39 is 23.6 Å². The molecule has 28 heavy (non-hydrogen) atoms. The number of aryl methyl sites for hydroxylation is 1. The number of benzene rings is 2. The first-order chi connectivity index (χ1) is 13.5. The number of hydrogen-bond donors (Lipinski definition) is 2. The number of amides is 2. The van der Waals surface area contributed by atoms with Crippen molar-refractivity contribution in [1.82, 2.24) is 20.3 Å². The topological polar surface area (TPSA) is 120 Å². The molecule has 0 fully saturated rings. The van der Waals surface area contributed by atoms with E-state index in [0.29, 0.717) is 11.3 Å². The number of primary amides is 1. The van der Waals surface area contributed by atoms with Gasteiger partial charge in [-0.3, -0.25) is 14.4 Å². The van der Waals surface area contributed by atoms with Gasteiger partial charge < -0.3 is 11.1 Å². The van der Waals surface area contributed by atoms with Crippen molar-refractivity contribution in [2.24, 2.45) is 12.8 Å². The Morgan fingerprint density at radius 3 is 2.25 bits per heavy atom. The molecule has 2 aromatic carbocycles. The monoisotopic (exact) mass is 377 g/mol. The van der Waals surface area contributed by atoms with Gasteiger partial charge in [-0.25, -0.2) is 4.68 Å². The van der Waals surface area contributed by atoms with Crippen LogP contribution in [0.25, 0.3) is 11.3 Å². The summed E-state index contributed by atoms with van der Waals surface area (Å²) in [5.74, 6) is -2.54. The standard InChI is InChI=1S/C20H19N5O3/c1-25-17(16(23-24-25)14-10-6-3-7-11-14)20(28)22-15(18(26)19(21)27)12-13-8-4-2-5-9-13/h2-11,15H,12H2,1H3,(H2,21,27)(H,22,28). The molecule has 2 amide bonds. The fourth-order valence-electron chi connectivity index (χ4n) is 2.86. The Labute approximate surface area is 161 Å². The normalized spacial score (nSPS) is 11.6. The van der Waals surface area contributed by atoms with Crippen molar-refractivity contribution >= 4 is 17.6 Å². The van der Waals surface area contributed by atoms with Gasteiger partial charge >= 0.3 is 0 Å². The second kappa shape index (κ2) is 8.26. The molecular weight excluding hydrogens is 358 g/mol. The zero-order valence-electron chi connectivity index (χ0n) is 15.2. The van der Waals surface area contributed by atoms with Gasteiger partial charge in [0, 0.05) is 19.0 Å². The minimum absolute atomic E-state index is 0.139.